The highest BCUT2D eigenvalue weighted by atomic mass is 16.5. The zero-order valence-electron chi connectivity index (χ0n) is 7.85. The molecule has 0 unspecified atom stereocenters. The Morgan fingerprint density at radius 3 is 3.00 bits per heavy atom. The molecule has 0 fully saturated rings. The Labute approximate surface area is 82.5 Å². The van der Waals surface area contributed by atoms with Crippen molar-refractivity contribution in [2.75, 3.05) is 19.8 Å². The third-order valence-corrected chi connectivity index (χ3v) is 1.69. The molecule has 1 heterocycles. The molecule has 1 N–H and O–H groups in total. The van der Waals surface area contributed by atoms with E-state index in [9.17, 15) is 4.79 Å². The van der Waals surface area contributed by atoms with Crippen molar-refractivity contribution in [2.45, 2.75) is 6.42 Å². The number of Topliss-reactive ketones (excluding diaryl/α,β-unsaturated/α-hetero) is 1. The van der Waals surface area contributed by atoms with E-state index in [2.05, 4.69) is 4.98 Å². The number of aliphatic hydroxyl groups excluding tert-OH is 1. The second kappa shape index (κ2) is 6.23. The van der Waals surface area contributed by atoms with E-state index in [0.29, 0.717) is 18.6 Å². The van der Waals surface area contributed by atoms with E-state index in [-0.39, 0.29) is 19.0 Å². The van der Waals surface area contributed by atoms with Gasteiger partial charge in [0.05, 0.1) is 19.8 Å². The van der Waals surface area contributed by atoms with Crippen LogP contribution in [0.4, 0.5) is 0 Å². The summed E-state index contributed by atoms with van der Waals surface area (Å²) < 4.78 is 4.98. The quantitative estimate of drug-likeness (QED) is 0.535. The lowest BCUT2D eigenvalue weighted by molar-refractivity contribution is 0.0766. The van der Waals surface area contributed by atoms with Crippen LogP contribution in [-0.4, -0.2) is 35.7 Å². The van der Waals surface area contributed by atoms with Crippen LogP contribution in [0.2, 0.25) is 0 Å². The van der Waals surface area contributed by atoms with E-state index in [0.717, 1.165) is 0 Å². The van der Waals surface area contributed by atoms with Crippen molar-refractivity contribution in [3.05, 3.63) is 30.1 Å². The Morgan fingerprint density at radius 1 is 1.50 bits per heavy atom. The van der Waals surface area contributed by atoms with Gasteiger partial charge in [-0.15, -0.1) is 0 Å². The zero-order chi connectivity index (χ0) is 10.2. The summed E-state index contributed by atoms with van der Waals surface area (Å²) in [6.07, 6.45) is 3.49. The molecule has 14 heavy (non-hydrogen) atoms. The van der Waals surface area contributed by atoms with Crippen molar-refractivity contribution in [3.63, 3.8) is 0 Å². The normalized spacial score (nSPS) is 10.1. The number of hydrogen-bond acceptors (Lipinski definition) is 4. The van der Waals surface area contributed by atoms with Crippen LogP contribution in [0.15, 0.2) is 24.5 Å². The lowest BCUT2D eigenvalue weighted by Gasteiger charge is -2.01. The standard InChI is InChI=1S/C10H13NO3/c12-5-7-14-6-3-10(13)9-2-1-4-11-8-9/h1-2,4,8,12H,3,5-7H2. The maximum atomic E-state index is 11.4. The van der Waals surface area contributed by atoms with Gasteiger partial charge in [0.2, 0.25) is 0 Å². The molecule has 0 amide bonds. The molecule has 0 saturated carbocycles. The van der Waals surface area contributed by atoms with Crippen molar-refractivity contribution in [2.24, 2.45) is 0 Å². The fourth-order valence-corrected chi connectivity index (χ4v) is 1.00. The predicted octanol–water partition coefficient (Wildman–Crippen LogP) is 0.663. The smallest absolute Gasteiger partial charge is 0.166 e. The number of ether oxygens (including phenoxy) is 1. The van der Waals surface area contributed by atoms with Crippen LogP contribution in [-0.2, 0) is 4.74 Å². The van der Waals surface area contributed by atoms with Crippen LogP contribution in [0.1, 0.15) is 16.8 Å². The van der Waals surface area contributed by atoms with Gasteiger partial charge in [-0.1, -0.05) is 0 Å². The minimum absolute atomic E-state index is 0.0102. The molecule has 0 atom stereocenters. The van der Waals surface area contributed by atoms with Gasteiger partial charge < -0.3 is 9.84 Å². The fourth-order valence-electron chi connectivity index (χ4n) is 1.00. The number of aliphatic hydroxyl groups is 1. The van der Waals surface area contributed by atoms with E-state index in [1.165, 1.54) is 6.20 Å². The van der Waals surface area contributed by atoms with Crippen LogP contribution in [0.3, 0.4) is 0 Å². The molecule has 0 saturated heterocycles. The number of rotatable bonds is 6. The first-order valence-electron chi connectivity index (χ1n) is 4.46. The molecule has 0 aliphatic carbocycles. The van der Waals surface area contributed by atoms with Crippen molar-refractivity contribution < 1.29 is 14.6 Å². The molecule has 0 aromatic carbocycles. The Morgan fingerprint density at radius 2 is 2.36 bits per heavy atom. The third-order valence-electron chi connectivity index (χ3n) is 1.69. The largest absolute Gasteiger partial charge is 0.394 e. The molecule has 0 bridgehead atoms. The van der Waals surface area contributed by atoms with Gasteiger partial charge in [-0.25, -0.2) is 0 Å². The maximum Gasteiger partial charge on any atom is 0.166 e. The predicted molar refractivity (Wildman–Crippen MR) is 51.1 cm³/mol. The molecule has 1 aromatic heterocycles. The van der Waals surface area contributed by atoms with Crippen LogP contribution in [0, 0.1) is 0 Å². The molecule has 0 radical (unpaired) electrons. The molecule has 0 aliphatic rings. The van der Waals surface area contributed by atoms with E-state index in [1.807, 2.05) is 0 Å². The molecule has 4 nitrogen and oxygen atoms in total. The first kappa shape index (κ1) is 10.8. The molecule has 0 aliphatic heterocycles. The van der Waals surface area contributed by atoms with Crippen molar-refractivity contribution in [1.82, 2.24) is 4.98 Å². The van der Waals surface area contributed by atoms with Gasteiger partial charge in [0.1, 0.15) is 0 Å². The van der Waals surface area contributed by atoms with E-state index >= 15 is 0 Å². The van der Waals surface area contributed by atoms with Crippen LogP contribution >= 0.6 is 0 Å². The minimum Gasteiger partial charge on any atom is -0.394 e. The van der Waals surface area contributed by atoms with Crippen LogP contribution in [0.5, 0.6) is 0 Å². The SMILES string of the molecule is O=C(CCOCCO)c1cccnc1. The Bertz CT molecular complexity index is 274. The van der Waals surface area contributed by atoms with Crippen LogP contribution in [0.25, 0.3) is 0 Å². The summed E-state index contributed by atoms with van der Waals surface area (Å²) in [5.41, 5.74) is 0.597. The first-order chi connectivity index (χ1) is 6.84. The molecule has 4 heteroatoms. The number of carbonyl (C=O) groups excluding carboxylic acids is 1. The highest BCUT2D eigenvalue weighted by Crippen LogP contribution is 2.00. The average Bonchev–Trinajstić information content (AvgIpc) is 2.25. The number of ketones is 1. The number of carbonyl (C=O) groups is 1. The van der Waals surface area contributed by atoms with Gasteiger partial charge in [0.15, 0.2) is 5.78 Å². The van der Waals surface area contributed by atoms with Gasteiger partial charge in [0, 0.05) is 24.4 Å². The summed E-state index contributed by atoms with van der Waals surface area (Å²) in [5, 5.41) is 8.43. The Kier molecular flexibility index (Phi) is 4.82. The lowest BCUT2D eigenvalue weighted by atomic mass is 10.1. The summed E-state index contributed by atoms with van der Waals surface area (Å²) >= 11 is 0. The number of hydrogen-bond donors (Lipinski definition) is 1. The molecule has 1 rings (SSSR count). The maximum absolute atomic E-state index is 11.4. The second-order valence-corrected chi connectivity index (χ2v) is 2.75. The van der Waals surface area contributed by atoms with Gasteiger partial charge in [0.25, 0.3) is 0 Å². The molecular weight excluding hydrogens is 182 g/mol. The Balaban J connectivity index is 2.29. The molecule has 0 spiro atoms. The fraction of sp³-hybridized carbons (Fsp3) is 0.400. The first-order valence-corrected chi connectivity index (χ1v) is 4.46. The summed E-state index contributed by atoms with van der Waals surface area (Å²) in [6.45, 7) is 0.607. The third kappa shape index (κ3) is 3.64. The zero-order valence-corrected chi connectivity index (χ0v) is 7.85. The van der Waals surface area contributed by atoms with Crippen LogP contribution < -0.4 is 0 Å². The van der Waals surface area contributed by atoms with E-state index in [1.54, 1.807) is 18.3 Å². The van der Waals surface area contributed by atoms with Gasteiger partial charge in [-0.05, 0) is 12.1 Å². The molecule has 1 aromatic rings. The van der Waals surface area contributed by atoms with Gasteiger partial charge >= 0.3 is 0 Å². The van der Waals surface area contributed by atoms with E-state index < -0.39 is 0 Å². The summed E-state index contributed by atoms with van der Waals surface area (Å²) in [7, 11) is 0. The lowest BCUT2D eigenvalue weighted by Crippen LogP contribution is -2.07. The minimum atomic E-state index is -0.0128. The number of nitrogens with zero attached hydrogens (tertiary/aromatic N) is 1. The van der Waals surface area contributed by atoms with Gasteiger partial charge in [-0.2, -0.15) is 0 Å². The second-order valence-electron chi connectivity index (χ2n) is 2.75. The van der Waals surface area contributed by atoms with Crippen molar-refractivity contribution in [3.8, 4) is 0 Å². The van der Waals surface area contributed by atoms with E-state index in [4.69, 9.17) is 9.84 Å². The summed E-state index contributed by atoms with van der Waals surface area (Å²) in [6, 6.07) is 3.45. The van der Waals surface area contributed by atoms with Crippen molar-refractivity contribution in [1.29, 1.82) is 0 Å². The Hall–Kier alpha value is -1.26. The number of pyridine rings is 1. The highest BCUT2D eigenvalue weighted by Gasteiger charge is 2.04. The van der Waals surface area contributed by atoms with Gasteiger partial charge in [-0.3, -0.25) is 9.78 Å². The summed E-state index contributed by atoms with van der Waals surface area (Å²) in [4.78, 5) is 15.3. The highest BCUT2D eigenvalue weighted by molar-refractivity contribution is 5.95. The monoisotopic (exact) mass is 195 g/mol. The molecular formula is C10H13NO3. The topological polar surface area (TPSA) is 59.4 Å². The summed E-state index contributed by atoms with van der Waals surface area (Å²) in [5.74, 6) is 0.0102. The molecule has 76 valence electrons. The number of aromatic nitrogens is 1. The average molecular weight is 195 g/mol. The van der Waals surface area contributed by atoms with Crippen molar-refractivity contribution >= 4 is 5.78 Å².